The number of ether oxygens (including phenoxy) is 12. The van der Waals surface area contributed by atoms with Gasteiger partial charge in [-0.3, -0.25) is 4.79 Å². The van der Waals surface area contributed by atoms with E-state index in [1.54, 1.807) is 0 Å². The minimum absolute atomic E-state index is 0.0372. The molecule has 5 aliphatic carbocycles. The van der Waals surface area contributed by atoms with E-state index in [0.717, 1.165) is 32.1 Å². The van der Waals surface area contributed by atoms with Crippen molar-refractivity contribution in [2.24, 2.45) is 50.2 Å². The first-order valence-electron chi connectivity index (χ1n) is 31.6. The molecule has 506 valence electrons. The molecule has 28 nitrogen and oxygen atoms in total. The van der Waals surface area contributed by atoms with Crippen LogP contribution in [0.15, 0.2) is 0 Å². The van der Waals surface area contributed by atoms with E-state index < -0.39 is 215 Å². The summed E-state index contributed by atoms with van der Waals surface area (Å²) in [6.07, 6.45) is -36.4. The van der Waals surface area contributed by atoms with Gasteiger partial charge in [-0.25, -0.2) is 0 Å². The van der Waals surface area contributed by atoms with E-state index in [2.05, 4.69) is 48.5 Å². The monoisotopic (exact) mass is 1270 g/mol. The van der Waals surface area contributed by atoms with Crippen LogP contribution in [-0.4, -0.2) is 287 Å². The molecule has 0 aromatic heterocycles. The Labute approximate surface area is 511 Å². The third-order valence-corrected chi connectivity index (χ3v) is 24.2. The van der Waals surface area contributed by atoms with Crippen LogP contribution >= 0.6 is 0 Å². The molecule has 0 aromatic rings. The molecule has 0 unspecified atom stereocenters. The van der Waals surface area contributed by atoms with E-state index in [1.807, 2.05) is 0 Å². The first-order chi connectivity index (χ1) is 41.3. The summed E-state index contributed by atoms with van der Waals surface area (Å²) in [6, 6.07) is 0. The molecule has 0 aromatic carbocycles. The molecular weight excluding hydrogens is 1170 g/mol. The molecule has 2 bridgehead atoms. The number of carbonyl (C=O) groups excluding carboxylic acids is 1. The molecule has 34 atom stereocenters. The van der Waals surface area contributed by atoms with Crippen LogP contribution in [0.3, 0.4) is 0 Å². The average Bonchev–Trinajstić information content (AvgIpc) is 1.30. The Kier molecular flexibility index (Phi) is 18.9. The van der Waals surface area contributed by atoms with E-state index in [9.17, 15) is 81.4 Å². The molecule has 6 heterocycles. The number of hydrogen-bond donors (Lipinski definition) is 15. The van der Waals surface area contributed by atoms with Gasteiger partial charge >= 0.3 is 5.97 Å². The number of fused-ring (bicyclic) bond motifs is 4. The quantitative estimate of drug-likeness (QED) is 0.0588. The van der Waals surface area contributed by atoms with Gasteiger partial charge in [0.05, 0.1) is 62.9 Å². The Hall–Kier alpha value is -1.57. The Bertz CT molecular complexity index is 2440. The molecule has 11 aliphatic rings. The molecular formula is C60H98O28. The summed E-state index contributed by atoms with van der Waals surface area (Å²) >= 11 is 0. The zero-order valence-corrected chi connectivity index (χ0v) is 51.4. The lowest BCUT2D eigenvalue weighted by molar-refractivity contribution is -0.402. The van der Waals surface area contributed by atoms with Gasteiger partial charge < -0.3 is 133 Å². The fourth-order valence-corrected chi connectivity index (χ4v) is 19.4. The van der Waals surface area contributed by atoms with E-state index in [1.165, 1.54) is 6.92 Å². The molecule has 11 fully saturated rings. The lowest BCUT2D eigenvalue weighted by atomic mass is 9.30. The lowest BCUT2D eigenvalue weighted by Gasteiger charge is -2.75. The van der Waals surface area contributed by atoms with Crippen molar-refractivity contribution in [3.63, 3.8) is 0 Å². The minimum atomic E-state index is -2.05. The van der Waals surface area contributed by atoms with Gasteiger partial charge in [0.1, 0.15) is 116 Å². The van der Waals surface area contributed by atoms with Gasteiger partial charge in [0, 0.05) is 18.3 Å². The van der Waals surface area contributed by atoms with Crippen LogP contribution in [0.4, 0.5) is 0 Å². The number of aliphatic hydroxyl groups excluding tert-OH is 15. The standard InChI is InChI=1S/C60H98O28/c1-24(64)80-35-17-54(2,3)15-32-59(35)23-79-60(32)14-10-31-56(6)12-11-34(55(4,5)30(56)9-13-57(31,7)58(60,8)16-33(59)66)85-52-47(88-51-44(75)41(72)38(69)27(19-62)82-51)39(70)29(22-78-52)84-53-48(87-49-42(73)36(67)25(65)21-77-49)45(76)46(28(20-63)83-53)86-50-43(74)40(71)37(68)26(18-61)81-50/h25-53,61-63,65-76H,9-23H2,1-8H3/t25-,26-,27-,28-,29+,30+,31-,32-,33-,34+,35+,36+,37-,38-,39+,40+,41+,42-,43-,44-,45+,46-,47-,48-,49+,50+,51+,52+,53+,56+,57-,58+,59+,60+/m1/s1. The third kappa shape index (κ3) is 10.7. The second-order valence-corrected chi connectivity index (χ2v) is 29.7. The Morgan fingerprint density at radius 1 is 0.489 bits per heavy atom. The first-order valence-corrected chi connectivity index (χ1v) is 31.6. The van der Waals surface area contributed by atoms with Gasteiger partial charge in [0.15, 0.2) is 31.5 Å². The van der Waals surface area contributed by atoms with Crippen LogP contribution in [0.25, 0.3) is 0 Å². The smallest absolute Gasteiger partial charge is 0.302 e. The molecule has 11 rings (SSSR count). The van der Waals surface area contributed by atoms with Crippen LogP contribution in [0.5, 0.6) is 0 Å². The maximum Gasteiger partial charge on any atom is 0.302 e. The molecule has 6 aliphatic heterocycles. The Morgan fingerprint density at radius 2 is 1.05 bits per heavy atom. The molecule has 28 heteroatoms. The summed E-state index contributed by atoms with van der Waals surface area (Å²) in [7, 11) is 0. The summed E-state index contributed by atoms with van der Waals surface area (Å²) < 4.78 is 74.6. The van der Waals surface area contributed by atoms with Gasteiger partial charge in [0.2, 0.25) is 0 Å². The van der Waals surface area contributed by atoms with Crippen molar-refractivity contribution >= 4 is 5.97 Å². The zero-order valence-electron chi connectivity index (χ0n) is 51.4. The fraction of sp³-hybridized carbons (Fsp3) is 0.983. The van der Waals surface area contributed by atoms with Crippen LogP contribution in [-0.2, 0) is 61.6 Å². The summed E-state index contributed by atoms with van der Waals surface area (Å²) in [5, 5.41) is 165. The van der Waals surface area contributed by atoms with E-state index in [-0.39, 0.29) is 40.0 Å². The molecule has 0 radical (unpaired) electrons. The Balaban J connectivity index is 0.854. The largest absolute Gasteiger partial charge is 0.462 e. The maximum absolute atomic E-state index is 12.7. The highest BCUT2D eigenvalue weighted by Crippen LogP contribution is 2.81. The van der Waals surface area contributed by atoms with Crippen LogP contribution in [0, 0.1) is 50.2 Å². The topological polar surface area (TPSA) is 431 Å². The van der Waals surface area contributed by atoms with Gasteiger partial charge in [-0.2, -0.15) is 0 Å². The van der Waals surface area contributed by atoms with Crippen molar-refractivity contribution in [2.45, 2.75) is 278 Å². The molecule has 6 saturated heterocycles. The summed E-state index contributed by atoms with van der Waals surface area (Å²) in [5.41, 5.74) is -3.06. The van der Waals surface area contributed by atoms with Crippen molar-refractivity contribution in [3.05, 3.63) is 0 Å². The third-order valence-electron chi connectivity index (χ3n) is 24.2. The van der Waals surface area contributed by atoms with Crippen LogP contribution in [0.2, 0.25) is 0 Å². The molecule has 15 N–H and O–H groups in total. The first kappa shape index (κ1) is 67.8. The number of aliphatic hydroxyl groups is 15. The van der Waals surface area contributed by atoms with Gasteiger partial charge in [-0.15, -0.1) is 0 Å². The normalized spacial score (nSPS) is 55.8. The fourth-order valence-electron chi connectivity index (χ4n) is 19.4. The van der Waals surface area contributed by atoms with Gasteiger partial charge in [0.25, 0.3) is 0 Å². The predicted octanol–water partition coefficient (Wildman–Crippen LogP) is -3.71. The van der Waals surface area contributed by atoms with Crippen LogP contribution in [0.1, 0.15) is 113 Å². The summed E-state index contributed by atoms with van der Waals surface area (Å²) in [5.74, 6) is -0.164. The number of esters is 1. The number of carbonyl (C=O) groups is 1. The van der Waals surface area contributed by atoms with Crippen molar-refractivity contribution in [1.29, 1.82) is 0 Å². The highest BCUT2D eigenvalue weighted by Gasteiger charge is 2.82. The van der Waals surface area contributed by atoms with Crippen LogP contribution < -0.4 is 0 Å². The van der Waals surface area contributed by atoms with Gasteiger partial charge in [-0.1, -0.05) is 48.5 Å². The van der Waals surface area contributed by atoms with E-state index in [0.29, 0.717) is 32.3 Å². The van der Waals surface area contributed by atoms with Crippen molar-refractivity contribution in [1.82, 2.24) is 0 Å². The average molecular weight is 1270 g/mol. The maximum atomic E-state index is 12.7. The number of hydrogen-bond acceptors (Lipinski definition) is 28. The molecule has 1 spiro atoms. The summed E-state index contributed by atoms with van der Waals surface area (Å²) in [6.45, 7) is 13.9. The highest BCUT2D eigenvalue weighted by molar-refractivity contribution is 5.66. The Morgan fingerprint density at radius 3 is 1.66 bits per heavy atom. The SMILES string of the molecule is CC(=O)O[C@H]1CC(C)(C)C[C@@H]2[C@]13CO[C@@]21CC[C@@H]2[C@@]4(C)CC[C@H](O[C@@H]5OC[C@H](O[C@@H]6O[C@H](CO)[C@@H](O[C@@H]7O[C@H](CO)[C@@H](O)[C@H](O)[C@H]7O)[C@H](O)[C@H]6O[C@@H]6OC[C@@H](O)[C@H](O)[C@H]6O)[C@H](O)[C@H]5O[C@@H]5O[C@H](CO)[C@@H](O)[C@H](O)[C@H]5O)C(C)(C)[C@@H]4CC[C@@]2(C)[C@]1(C)C[C@H]3O. The highest BCUT2D eigenvalue weighted by atomic mass is 16.8. The molecule has 88 heavy (non-hydrogen) atoms. The molecule has 0 amide bonds. The lowest BCUT2D eigenvalue weighted by Crippen LogP contribution is -2.75. The van der Waals surface area contributed by atoms with E-state index in [4.69, 9.17) is 56.8 Å². The minimum Gasteiger partial charge on any atom is -0.462 e. The van der Waals surface area contributed by atoms with Gasteiger partial charge in [-0.05, 0) is 91.3 Å². The molecule has 5 saturated carbocycles. The van der Waals surface area contributed by atoms with Crippen molar-refractivity contribution < 1.29 is 138 Å². The zero-order chi connectivity index (χ0) is 63.9. The number of rotatable bonds is 14. The van der Waals surface area contributed by atoms with Crippen molar-refractivity contribution in [3.8, 4) is 0 Å². The predicted molar refractivity (Wildman–Crippen MR) is 294 cm³/mol. The van der Waals surface area contributed by atoms with E-state index >= 15 is 0 Å². The summed E-state index contributed by atoms with van der Waals surface area (Å²) in [4.78, 5) is 12.7. The second-order valence-electron chi connectivity index (χ2n) is 29.7. The second kappa shape index (κ2) is 24.6. The van der Waals surface area contributed by atoms with Crippen molar-refractivity contribution in [2.75, 3.05) is 39.6 Å².